The van der Waals surface area contributed by atoms with Gasteiger partial charge in [0.05, 0.1) is 0 Å². The Hall–Kier alpha value is -0.860. The zero-order valence-corrected chi connectivity index (χ0v) is 12.0. The van der Waals surface area contributed by atoms with Gasteiger partial charge in [0.1, 0.15) is 0 Å². The number of nitrogens with two attached hydrogens (primary N) is 2. The van der Waals surface area contributed by atoms with Crippen LogP contribution in [0.15, 0.2) is 18.2 Å². The topological polar surface area (TPSA) is 52.0 Å². The second kappa shape index (κ2) is 4.67. The van der Waals surface area contributed by atoms with Crippen molar-refractivity contribution in [3.63, 3.8) is 0 Å². The Morgan fingerprint density at radius 1 is 1.22 bits per heavy atom. The van der Waals surface area contributed by atoms with Crippen LogP contribution >= 0.6 is 0 Å². The molecule has 0 aromatic heterocycles. The standard InChI is InChI=1S/C16H26N2/c1-10-7-12(16(2,3)4)5-6-14(10)15(18)11-8-13(17)9-11/h5-7,11,13,15H,8-9,17-18H2,1-4H3. The van der Waals surface area contributed by atoms with E-state index in [0.717, 1.165) is 12.8 Å². The highest BCUT2D eigenvalue weighted by atomic mass is 14.7. The summed E-state index contributed by atoms with van der Waals surface area (Å²) in [4.78, 5) is 0. The van der Waals surface area contributed by atoms with Crippen LogP contribution in [0.1, 0.15) is 56.3 Å². The summed E-state index contributed by atoms with van der Waals surface area (Å²) in [5, 5.41) is 0. The first kappa shape index (κ1) is 13.6. The van der Waals surface area contributed by atoms with Crippen molar-refractivity contribution in [2.45, 2.75) is 58.0 Å². The molecule has 1 aromatic rings. The highest BCUT2D eigenvalue weighted by Crippen LogP contribution is 2.37. The molecule has 0 radical (unpaired) electrons. The average Bonchev–Trinajstić information content (AvgIpc) is 2.22. The van der Waals surface area contributed by atoms with E-state index in [1.165, 1.54) is 16.7 Å². The van der Waals surface area contributed by atoms with Gasteiger partial charge in [-0.05, 0) is 47.8 Å². The van der Waals surface area contributed by atoms with Gasteiger partial charge in [-0.25, -0.2) is 0 Å². The van der Waals surface area contributed by atoms with Crippen LogP contribution in [-0.4, -0.2) is 6.04 Å². The molecule has 0 spiro atoms. The lowest BCUT2D eigenvalue weighted by molar-refractivity contribution is 0.223. The third kappa shape index (κ3) is 2.60. The summed E-state index contributed by atoms with van der Waals surface area (Å²) < 4.78 is 0. The largest absolute Gasteiger partial charge is 0.328 e. The molecule has 1 aliphatic rings. The lowest BCUT2D eigenvalue weighted by atomic mass is 9.73. The van der Waals surface area contributed by atoms with E-state index in [-0.39, 0.29) is 11.5 Å². The molecule has 2 nitrogen and oxygen atoms in total. The SMILES string of the molecule is Cc1cc(C(C)(C)C)ccc1C(N)C1CC(N)C1. The molecule has 0 heterocycles. The van der Waals surface area contributed by atoms with Gasteiger partial charge in [0.25, 0.3) is 0 Å². The Kier molecular flexibility index (Phi) is 3.52. The molecular weight excluding hydrogens is 220 g/mol. The second-order valence-electron chi connectivity index (χ2n) is 6.84. The first-order valence-electron chi connectivity index (χ1n) is 6.91. The Labute approximate surface area is 111 Å². The van der Waals surface area contributed by atoms with Gasteiger partial charge in [0, 0.05) is 12.1 Å². The molecule has 0 bridgehead atoms. The van der Waals surface area contributed by atoms with Crippen molar-refractivity contribution in [1.82, 2.24) is 0 Å². The molecule has 1 unspecified atom stereocenters. The maximum absolute atomic E-state index is 6.37. The molecule has 0 saturated heterocycles. The molecule has 0 amide bonds. The Morgan fingerprint density at radius 3 is 2.28 bits per heavy atom. The van der Waals surface area contributed by atoms with Crippen LogP contribution in [0.25, 0.3) is 0 Å². The average molecular weight is 246 g/mol. The number of aryl methyl sites for hydroxylation is 1. The summed E-state index contributed by atoms with van der Waals surface area (Å²) in [5.74, 6) is 0.569. The molecule has 1 fully saturated rings. The lowest BCUT2D eigenvalue weighted by Crippen LogP contribution is -2.41. The third-order valence-corrected chi connectivity index (χ3v) is 4.21. The van der Waals surface area contributed by atoms with Gasteiger partial charge in [0.2, 0.25) is 0 Å². The van der Waals surface area contributed by atoms with E-state index in [1.54, 1.807) is 0 Å². The quantitative estimate of drug-likeness (QED) is 0.842. The minimum atomic E-state index is 0.152. The zero-order valence-electron chi connectivity index (χ0n) is 12.0. The van der Waals surface area contributed by atoms with Crippen molar-refractivity contribution in [2.24, 2.45) is 17.4 Å². The monoisotopic (exact) mass is 246 g/mol. The van der Waals surface area contributed by atoms with Crippen LogP contribution in [-0.2, 0) is 5.41 Å². The van der Waals surface area contributed by atoms with Crippen molar-refractivity contribution in [3.8, 4) is 0 Å². The van der Waals surface area contributed by atoms with Gasteiger partial charge in [-0.1, -0.05) is 39.0 Å². The van der Waals surface area contributed by atoms with Crippen molar-refractivity contribution in [1.29, 1.82) is 0 Å². The maximum atomic E-state index is 6.37. The highest BCUT2D eigenvalue weighted by Gasteiger charge is 2.32. The summed E-state index contributed by atoms with van der Waals surface area (Å²) >= 11 is 0. The minimum Gasteiger partial charge on any atom is -0.328 e. The van der Waals surface area contributed by atoms with Crippen molar-refractivity contribution >= 4 is 0 Å². The molecule has 1 saturated carbocycles. The molecular formula is C16H26N2. The maximum Gasteiger partial charge on any atom is 0.0327 e. The molecule has 18 heavy (non-hydrogen) atoms. The predicted molar refractivity (Wildman–Crippen MR) is 77.5 cm³/mol. The molecule has 1 atom stereocenters. The molecule has 100 valence electrons. The number of hydrogen-bond acceptors (Lipinski definition) is 2. The molecule has 2 heteroatoms. The van der Waals surface area contributed by atoms with E-state index in [2.05, 4.69) is 45.9 Å². The number of benzene rings is 1. The Balaban J connectivity index is 2.19. The Morgan fingerprint density at radius 2 is 1.83 bits per heavy atom. The lowest BCUT2D eigenvalue weighted by Gasteiger charge is -2.37. The van der Waals surface area contributed by atoms with Gasteiger partial charge in [-0.3, -0.25) is 0 Å². The third-order valence-electron chi connectivity index (χ3n) is 4.21. The van der Waals surface area contributed by atoms with Gasteiger partial charge < -0.3 is 11.5 Å². The summed E-state index contributed by atoms with van der Waals surface area (Å²) in [5.41, 5.74) is 16.4. The van der Waals surface area contributed by atoms with Gasteiger partial charge >= 0.3 is 0 Å². The fourth-order valence-corrected chi connectivity index (χ4v) is 2.77. The molecule has 4 N–H and O–H groups in total. The summed E-state index contributed by atoms with van der Waals surface area (Å²) in [6.45, 7) is 8.90. The molecule has 1 aliphatic carbocycles. The molecule has 1 aromatic carbocycles. The normalized spacial score (nSPS) is 25.7. The number of rotatable bonds is 2. The molecule has 2 rings (SSSR count). The van der Waals surface area contributed by atoms with Crippen molar-refractivity contribution in [3.05, 3.63) is 34.9 Å². The fourth-order valence-electron chi connectivity index (χ4n) is 2.77. The first-order chi connectivity index (χ1) is 8.29. The van der Waals surface area contributed by atoms with Crippen LogP contribution in [0.3, 0.4) is 0 Å². The van der Waals surface area contributed by atoms with E-state index in [1.807, 2.05) is 0 Å². The van der Waals surface area contributed by atoms with Crippen LogP contribution in [0.2, 0.25) is 0 Å². The first-order valence-corrected chi connectivity index (χ1v) is 6.91. The number of hydrogen-bond donors (Lipinski definition) is 2. The van der Waals surface area contributed by atoms with E-state index >= 15 is 0 Å². The predicted octanol–water partition coefficient (Wildman–Crippen LogP) is 3.03. The van der Waals surface area contributed by atoms with Crippen molar-refractivity contribution in [2.75, 3.05) is 0 Å². The van der Waals surface area contributed by atoms with Crippen LogP contribution in [0.5, 0.6) is 0 Å². The van der Waals surface area contributed by atoms with E-state index in [0.29, 0.717) is 12.0 Å². The van der Waals surface area contributed by atoms with Gasteiger partial charge in [-0.2, -0.15) is 0 Å². The minimum absolute atomic E-state index is 0.152. The van der Waals surface area contributed by atoms with Gasteiger partial charge in [-0.15, -0.1) is 0 Å². The summed E-state index contributed by atoms with van der Waals surface area (Å²) in [7, 11) is 0. The van der Waals surface area contributed by atoms with E-state index in [9.17, 15) is 0 Å². The van der Waals surface area contributed by atoms with Crippen molar-refractivity contribution < 1.29 is 0 Å². The van der Waals surface area contributed by atoms with E-state index < -0.39 is 0 Å². The second-order valence-corrected chi connectivity index (χ2v) is 6.84. The summed E-state index contributed by atoms with van der Waals surface area (Å²) in [6.07, 6.45) is 2.14. The summed E-state index contributed by atoms with van der Waals surface area (Å²) in [6, 6.07) is 7.24. The molecule has 0 aliphatic heterocycles. The Bertz CT molecular complexity index is 425. The zero-order chi connectivity index (χ0) is 13.5. The highest BCUT2D eigenvalue weighted by molar-refractivity contribution is 5.36. The van der Waals surface area contributed by atoms with Crippen LogP contribution in [0, 0.1) is 12.8 Å². The fraction of sp³-hybridized carbons (Fsp3) is 0.625. The van der Waals surface area contributed by atoms with Crippen LogP contribution in [0.4, 0.5) is 0 Å². The van der Waals surface area contributed by atoms with Gasteiger partial charge in [0.15, 0.2) is 0 Å². The van der Waals surface area contributed by atoms with E-state index in [4.69, 9.17) is 11.5 Å². The smallest absolute Gasteiger partial charge is 0.0327 e. The van der Waals surface area contributed by atoms with Crippen LogP contribution < -0.4 is 11.5 Å².